The van der Waals surface area contributed by atoms with Gasteiger partial charge in [-0.05, 0) is 42.7 Å². The lowest BCUT2D eigenvalue weighted by Crippen LogP contribution is -2.29. The number of carbonyl (C=O) groups is 3. The maximum Gasteiger partial charge on any atom is 0.335 e. The highest BCUT2D eigenvalue weighted by Crippen LogP contribution is 2.24. The molecule has 0 aliphatic carbocycles. The van der Waals surface area contributed by atoms with Gasteiger partial charge in [-0.3, -0.25) is 9.59 Å². The van der Waals surface area contributed by atoms with E-state index in [1.54, 1.807) is 24.3 Å². The van der Waals surface area contributed by atoms with E-state index in [4.69, 9.17) is 5.11 Å². The minimum atomic E-state index is -0.981. The summed E-state index contributed by atoms with van der Waals surface area (Å²) in [5.41, 5.74) is 1.55. The fraction of sp³-hybridized carbons (Fsp3) is 0.286. The highest BCUT2D eigenvalue weighted by Gasteiger charge is 2.19. The van der Waals surface area contributed by atoms with E-state index in [-0.39, 0.29) is 17.4 Å². The maximum absolute atomic E-state index is 12.6. The summed E-state index contributed by atoms with van der Waals surface area (Å²) in [5, 5.41) is 11.8. The van der Waals surface area contributed by atoms with Gasteiger partial charge in [0.15, 0.2) is 0 Å². The van der Waals surface area contributed by atoms with Crippen LogP contribution in [0.25, 0.3) is 0 Å². The number of likely N-dealkylation sites (tertiary alicyclic amines) is 1. The molecule has 1 saturated heterocycles. The molecule has 6 nitrogen and oxygen atoms in total. The van der Waals surface area contributed by atoms with E-state index in [2.05, 4.69) is 5.32 Å². The molecule has 0 aromatic heterocycles. The number of carbonyl (C=O) groups excluding carboxylic acids is 2. The molecule has 2 N–H and O–H groups in total. The van der Waals surface area contributed by atoms with Crippen LogP contribution in [0.15, 0.2) is 53.4 Å². The number of carboxylic acid groups (broad SMARTS) is 1. The Kier molecular flexibility index (Phi) is 6.71. The summed E-state index contributed by atoms with van der Waals surface area (Å²) >= 11 is 1.38. The smallest absolute Gasteiger partial charge is 0.335 e. The van der Waals surface area contributed by atoms with E-state index >= 15 is 0 Å². The summed E-state index contributed by atoms with van der Waals surface area (Å²) in [4.78, 5) is 38.4. The molecule has 0 spiro atoms. The molecule has 1 heterocycles. The number of benzene rings is 2. The molecular formula is C21H22N2O4S. The normalized spacial score (nSPS) is 13.4. The molecule has 0 bridgehead atoms. The van der Waals surface area contributed by atoms with E-state index in [0.29, 0.717) is 17.9 Å². The zero-order valence-electron chi connectivity index (χ0n) is 15.4. The molecular weight excluding hydrogens is 376 g/mol. The van der Waals surface area contributed by atoms with Crippen molar-refractivity contribution in [2.24, 2.45) is 0 Å². The van der Waals surface area contributed by atoms with Crippen LogP contribution in [0.5, 0.6) is 0 Å². The summed E-state index contributed by atoms with van der Waals surface area (Å²) in [5.74, 6) is -0.777. The van der Waals surface area contributed by atoms with Gasteiger partial charge in [0.25, 0.3) is 5.91 Å². The van der Waals surface area contributed by atoms with Crippen LogP contribution < -0.4 is 5.32 Å². The Hall–Kier alpha value is -2.80. The first kappa shape index (κ1) is 19.9. The average Bonchev–Trinajstić information content (AvgIpc) is 3.26. The molecule has 2 aromatic carbocycles. The van der Waals surface area contributed by atoms with Crippen LogP contribution in [-0.2, 0) is 11.3 Å². The molecule has 0 radical (unpaired) electrons. The summed E-state index contributed by atoms with van der Waals surface area (Å²) in [6.07, 6.45) is 2.12. The molecule has 7 heteroatoms. The topological polar surface area (TPSA) is 86.7 Å². The zero-order chi connectivity index (χ0) is 19.9. The second-order valence-corrected chi connectivity index (χ2v) is 7.57. The standard InChI is InChI=1S/C21H22N2O4S/c24-19(23-11-3-4-12-23)14-28-18-6-2-1-5-17(18)20(25)22-13-15-7-9-16(10-8-15)21(26)27/h1-2,5-10H,3-4,11-14H2,(H,22,25)(H,26,27). The third-order valence-corrected chi connectivity index (χ3v) is 5.65. The third kappa shape index (κ3) is 5.13. The Morgan fingerprint density at radius 1 is 1.00 bits per heavy atom. The van der Waals surface area contributed by atoms with Crippen LogP contribution in [0.4, 0.5) is 0 Å². The molecule has 146 valence electrons. The molecule has 0 atom stereocenters. The van der Waals surface area contributed by atoms with E-state index in [1.807, 2.05) is 17.0 Å². The number of hydrogen-bond acceptors (Lipinski definition) is 4. The van der Waals surface area contributed by atoms with Gasteiger partial charge in [-0.25, -0.2) is 4.79 Å². The highest BCUT2D eigenvalue weighted by atomic mass is 32.2. The van der Waals surface area contributed by atoms with Crippen LogP contribution in [0.2, 0.25) is 0 Å². The fourth-order valence-electron chi connectivity index (χ4n) is 3.02. The molecule has 3 rings (SSSR count). The van der Waals surface area contributed by atoms with Gasteiger partial charge in [-0.2, -0.15) is 0 Å². The van der Waals surface area contributed by atoms with E-state index in [9.17, 15) is 14.4 Å². The second-order valence-electron chi connectivity index (χ2n) is 6.56. The number of aromatic carboxylic acids is 1. The van der Waals surface area contributed by atoms with Crippen molar-refractivity contribution in [3.05, 3.63) is 65.2 Å². The first-order valence-corrected chi connectivity index (χ1v) is 10.1. The molecule has 1 aliphatic rings. The van der Waals surface area contributed by atoms with Crippen LogP contribution in [0.3, 0.4) is 0 Å². The van der Waals surface area contributed by atoms with Gasteiger partial charge >= 0.3 is 5.97 Å². The molecule has 2 aromatic rings. The van der Waals surface area contributed by atoms with Gasteiger partial charge in [-0.1, -0.05) is 24.3 Å². The lowest BCUT2D eigenvalue weighted by molar-refractivity contribution is -0.127. The largest absolute Gasteiger partial charge is 0.478 e. The number of nitrogens with zero attached hydrogens (tertiary/aromatic N) is 1. The predicted octanol–water partition coefficient (Wildman–Crippen LogP) is 3.03. The minimum Gasteiger partial charge on any atom is -0.478 e. The first-order valence-electron chi connectivity index (χ1n) is 9.14. The molecule has 0 unspecified atom stereocenters. The maximum atomic E-state index is 12.6. The SMILES string of the molecule is O=C(O)c1ccc(CNC(=O)c2ccccc2SCC(=O)N2CCCC2)cc1. The predicted molar refractivity (Wildman–Crippen MR) is 108 cm³/mol. The number of hydrogen-bond donors (Lipinski definition) is 2. The number of nitrogens with one attached hydrogen (secondary N) is 1. The Labute approximate surface area is 167 Å². The highest BCUT2D eigenvalue weighted by molar-refractivity contribution is 8.00. The summed E-state index contributed by atoms with van der Waals surface area (Å²) in [7, 11) is 0. The monoisotopic (exact) mass is 398 g/mol. The van der Waals surface area contributed by atoms with Crippen LogP contribution >= 0.6 is 11.8 Å². The van der Waals surface area contributed by atoms with E-state index in [0.717, 1.165) is 36.4 Å². The second kappa shape index (κ2) is 9.41. The van der Waals surface area contributed by atoms with Gasteiger partial charge in [0.1, 0.15) is 0 Å². The molecule has 0 saturated carbocycles. The van der Waals surface area contributed by atoms with Crippen LogP contribution in [-0.4, -0.2) is 46.6 Å². The van der Waals surface area contributed by atoms with E-state index in [1.165, 1.54) is 23.9 Å². The lowest BCUT2D eigenvalue weighted by Gasteiger charge is -2.15. The van der Waals surface area contributed by atoms with E-state index < -0.39 is 5.97 Å². The van der Waals surface area contributed by atoms with Crippen molar-refractivity contribution in [3.8, 4) is 0 Å². The van der Waals surface area contributed by atoms with Crippen LogP contribution in [0, 0.1) is 0 Å². The quantitative estimate of drug-likeness (QED) is 0.700. The first-order chi connectivity index (χ1) is 13.5. The molecule has 1 aliphatic heterocycles. The summed E-state index contributed by atoms with van der Waals surface area (Å²) < 4.78 is 0. The Morgan fingerprint density at radius 3 is 2.36 bits per heavy atom. The van der Waals surface area contributed by atoms with Crippen molar-refractivity contribution in [1.29, 1.82) is 0 Å². The lowest BCUT2D eigenvalue weighted by atomic mass is 10.1. The Morgan fingerprint density at radius 2 is 1.68 bits per heavy atom. The van der Waals surface area contributed by atoms with Crippen molar-refractivity contribution in [2.75, 3.05) is 18.8 Å². The fourth-order valence-corrected chi connectivity index (χ4v) is 3.97. The van der Waals surface area contributed by atoms with Crippen molar-refractivity contribution in [1.82, 2.24) is 10.2 Å². The number of thioether (sulfide) groups is 1. The number of rotatable bonds is 7. The molecule has 28 heavy (non-hydrogen) atoms. The zero-order valence-corrected chi connectivity index (χ0v) is 16.2. The summed E-state index contributed by atoms with van der Waals surface area (Å²) in [6.45, 7) is 1.94. The summed E-state index contributed by atoms with van der Waals surface area (Å²) in [6, 6.07) is 13.6. The van der Waals surface area contributed by atoms with Crippen LogP contribution in [0.1, 0.15) is 39.1 Å². The van der Waals surface area contributed by atoms with Crippen molar-refractivity contribution < 1.29 is 19.5 Å². The van der Waals surface area contributed by atoms with Gasteiger partial charge in [0.2, 0.25) is 5.91 Å². The minimum absolute atomic E-state index is 0.108. The molecule has 2 amide bonds. The van der Waals surface area contributed by atoms with Crippen molar-refractivity contribution >= 4 is 29.5 Å². The van der Waals surface area contributed by atoms with Crippen molar-refractivity contribution in [2.45, 2.75) is 24.3 Å². The van der Waals surface area contributed by atoms with Gasteiger partial charge in [-0.15, -0.1) is 11.8 Å². The number of carboxylic acids is 1. The average molecular weight is 398 g/mol. The van der Waals surface area contributed by atoms with Gasteiger partial charge < -0.3 is 15.3 Å². The van der Waals surface area contributed by atoms with Crippen molar-refractivity contribution in [3.63, 3.8) is 0 Å². The van der Waals surface area contributed by atoms with Gasteiger partial charge in [0.05, 0.1) is 16.9 Å². The third-order valence-electron chi connectivity index (χ3n) is 4.60. The Bertz CT molecular complexity index is 861. The Balaban J connectivity index is 1.58. The molecule has 1 fully saturated rings. The number of amides is 2. The van der Waals surface area contributed by atoms with Gasteiger partial charge in [0, 0.05) is 24.5 Å².